The van der Waals surface area contributed by atoms with Crippen LogP contribution in [0.2, 0.25) is 0 Å². The number of ether oxygens (including phenoxy) is 1. The van der Waals surface area contributed by atoms with Crippen molar-refractivity contribution in [1.29, 1.82) is 0 Å². The first kappa shape index (κ1) is 22.2. The fraction of sp³-hybridized carbons (Fsp3) is 0.632. The summed E-state index contributed by atoms with van der Waals surface area (Å²) in [6, 6.07) is 5.48. The van der Waals surface area contributed by atoms with E-state index in [1.807, 2.05) is 19.9 Å². The summed E-state index contributed by atoms with van der Waals surface area (Å²) in [6.45, 7) is 11.4. The maximum absolute atomic E-state index is 14.0. The van der Waals surface area contributed by atoms with Crippen molar-refractivity contribution in [3.8, 4) is 5.75 Å². The maximum Gasteiger partial charge on any atom is 0.191 e. The molecule has 0 saturated carbocycles. The van der Waals surface area contributed by atoms with Crippen molar-refractivity contribution >= 4 is 29.9 Å². The third-order valence-electron chi connectivity index (χ3n) is 5.23. The van der Waals surface area contributed by atoms with Gasteiger partial charge < -0.3 is 15.4 Å². The lowest BCUT2D eigenvalue weighted by molar-refractivity contribution is 0.0174. The zero-order chi connectivity index (χ0) is 18.5. The van der Waals surface area contributed by atoms with Crippen LogP contribution < -0.4 is 15.4 Å². The van der Waals surface area contributed by atoms with Gasteiger partial charge in [0.05, 0.1) is 19.7 Å². The molecule has 0 spiro atoms. The molecule has 3 aliphatic heterocycles. The molecule has 0 radical (unpaired) electrons. The highest BCUT2D eigenvalue weighted by Gasteiger charge is 2.31. The minimum Gasteiger partial charge on any atom is -0.494 e. The molecule has 152 valence electrons. The van der Waals surface area contributed by atoms with Crippen LogP contribution in [0.25, 0.3) is 0 Å². The van der Waals surface area contributed by atoms with Gasteiger partial charge in [0.1, 0.15) is 0 Å². The van der Waals surface area contributed by atoms with E-state index in [1.54, 1.807) is 6.07 Å². The van der Waals surface area contributed by atoms with Crippen molar-refractivity contribution < 1.29 is 9.13 Å². The van der Waals surface area contributed by atoms with Gasteiger partial charge in [0.15, 0.2) is 17.5 Å². The molecule has 3 aliphatic rings. The number of hydrogen-bond acceptors (Lipinski definition) is 4. The molecule has 0 amide bonds. The zero-order valence-corrected chi connectivity index (χ0v) is 18.7. The highest BCUT2D eigenvalue weighted by atomic mass is 127. The van der Waals surface area contributed by atoms with Crippen molar-refractivity contribution in [2.24, 2.45) is 4.99 Å². The predicted octanol–water partition coefficient (Wildman–Crippen LogP) is 2.07. The Hall–Kier alpha value is -1.13. The molecule has 1 aromatic rings. The lowest BCUT2D eigenvalue weighted by atomic mass is 10.1. The molecule has 2 bridgehead atoms. The van der Waals surface area contributed by atoms with E-state index in [9.17, 15) is 4.39 Å². The third-order valence-corrected chi connectivity index (χ3v) is 5.23. The molecule has 6 nitrogen and oxygen atoms in total. The van der Waals surface area contributed by atoms with Crippen LogP contribution in [-0.4, -0.2) is 74.7 Å². The summed E-state index contributed by atoms with van der Waals surface area (Å²) in [6.07, 6.45) is 0. The quantitative estimate of drug-likeness (QED) is 0.363. The van der Waals surface area contributed by atoms with Crippen LogP contribution in [0.5, 0.6) is 5.75 Å². The Morgan fingerprint density at radius 2 is 2.07 bits per heavy atom. The van der Waals surface area contributed by atoms with Crippen molar-refractivity contribution in [3.63, 3.8) is 0 Å². The number of benzene rings is 1. The van der Waals surface area contributed by atoms with Crippen molar-refractivity contribution in [2.75, 3.05) is 52.9 Å². The van der Waals surface area contributed by atoms with Crippen LogP contribution in [0, 0.1) is 5.82 Å². The summed E-state index contributed by atoms with van der Waals surface area (Å²) in [5, 5.41) is 6.67. The number of nitrogens with zero attached hydrogens (tertiary/aromatic N) is 3. The number of halogens is 2. The van der Waals surface area contributed by atoms with Crippen LogP contribution in [0.15, 0.2) is 23.2 Å². The van der Waals surface area contributed by atoms with Crippen LogP contribution >= 0.6 is 24.0 Å². The van der Waals surface area contributed by atoms with Gasteiger partial charge in [0.2, 0.25) is 0 Å². The van der Waals surface area contributed by atoms with E-state index >= 15 is 0 Å². The largest absolute Gasteiger partial charge is 0.494 e. The standard InChI is InChI=1S/C19H30FN5O.HI/c1-4-21-19(22-12-16-13-24-7-9-25(16)10-8-24)23-14(2)15-5-6-18(26-3)17(20)11-15;/h5-6,11,14,16H,4,7-10,12-13H2,1-3H3,(H2,21,22,23);1H. The second-order valence-corrected chi connectivity index (χ2v) is 6.97. The Morgan fingerprint density at radius 3 is 2.63 bits per heavy atom. The SMILES string of the molecule is CCNC(=NCC1CN2CCN1CC2)NC(C)c1ccc(OC)c(F)c1.I. The summed E-state index contributed by atoms with van der Waals surface area (Å²) in [4.78, 5) is 9.84. The maximum atomic E-state index is 14.0. The van der Waals surface area contributed by atoms with Gasteiger partial charge in [-0.2, -0.15) is 0 Å². The summed E-state index contributed by atoms with van der Waals surface area (Å²) in [5.74, 6) is 0.687. The lowest BCUT2D eigenvalue weighted by Gasteiger charge is -2.47. The van der Waals surface area contributed by atoms with Gasteiger partial charge in [-0.1, -0.05) is 6.07 Å². The molecule has 0 aromatic heterocycles. The highest BCUT2D eigenvalue weighted by Crippen LogP contribution is 2.21. The van der Waals surface area contributed by atoms with E-state index in [0.717, 1.165) is 44.2 Å². The highest BCUT2D eigenvalue weighted by molar-refractivity contribution is 14.0. The van der Waals surface area contributed by atoms with Crippen molar-refractivity contribution in [3.05, 3.63) is 29.6 Å². The summed E-state index contributed by atoms with van der Waals surface area (Å²) < 4.78 is 19.0. The number of fused-ring (bicyclic) bond motifs is 3. The van der Waals surface area contributed by atoms with Crippen LogP contribution in [-0.2, 0) is 0 Å². The normalized spacial score (nSPS) is 25.5. The number of methoxy groups -OCH3 is 1. The molecule has 2 N–H and O–H groups in total. The van der Waals surface area contributed by atoms with E-state index < -0.39 is 0 Å². The number of piperazine rings is 3. The number of guanidine groups is 1. The molecule has 0 aliphatic carbocycles. The molecule has 3 heterocycles. The molecule has 27 heavy (non-hydrogen) atoms. The van der Waals surface area contributed by atoms with Gasteiger partial charge in [-0.05, 0) is 31.5 Å². The van der Waals surface area contributed by atoms with Crippen molar-refractivity contribution in [2.45, 2.75) is 25.9 Å². The van der Waals surface area contributed by atoms with Crippen LogP contribution in [0.4, 0.5) is 4.39 Å². The molecule has 4 rings (SSSR count). The van der Waals surface area contributed by atoms with Gasteiger partial charge in [0, 0.05) is 45.3 Å². The van der Waals surface area contributed by atoms with Gasteiger partial charge in [-0.15, -0.1) is 24.0 Å². The fourth-order valence-corrected chi connectivity index (χ4v) is 3.65. The molecule has 8 heteroatoms. The van der Waals surface area contributed by atoms with Crippen molar-refractivity contribution in [1.82, 2.24) is 20.4 Å². The average molecular weight is 491 g/mol. The minimum absolute atomic E-state index is 0. The second-order valence-electron chi connectivity index (χ2n) is 6.97. The Labute approximate surface area is 178 Å². The zero-order valence-electron chi connectivity index (χ0n) is 16.4. The first-order chi connectivity index (χ1) is 12.6. The number of rotatable bonds is 6. The lowest BCUT2D eigenvalue weighted by Crippen LogP contribution is -2.62. The monoisotopic (exact) mass is 491 g/mol. The van der Waals surface area contributed by atoms with E-state index in [1.165, 1.54) is 26.3 Å². The smallest absolute Gasteiger partial charge is 0.191 e. The van der Waals surface area contributed by atoms with E-state index in [0.29, 0.717) is 6.04 Å². The molecule has 2 unspecified atom stereocenters. The first-order valence-electron chi connectivity index (χ1n) is 9.45. The Morgan fingerprint density at radius 1 is 1.33 bits per heavy atom. The van der Waals surface area contributed by atoms with E-state index in [-0.39, 0.29) is 41.6 Å². The minimum atomic E-state index is -0.347. The topological polar surface area (TPSA) is 52.1 Å². The number of nitrogens with one attached hydrogen (secondary N) is 2. The number of hydrogen-bond donors (Lipinski definition) is 2. The summed E-state index contributed by atoms with van der Waals surface area (Å²) in [7, 11) is 1.47. The van der Waals surface area contributed by atoms with E-state index in [4.69, 9.17) is 9.73 Å². The molecular formula is C19H31FIN5O. The van der Waals surface area contributed by atoms with Gasteiger partial charge >= 0.3 is 0 Å². The predicted molar refractivity (Wildman–Crippen MR) is 118 cm³/mol. The second kappa shape index (κ2) is 10.4. The summed E-state index contributed by atoms with van der Waals surface area (Å²) in [5.41, 5.74) is 0.862. The summed E-state index contributed by atoms with van der Waals surface area (Å²) >= 11 is 0. The Balaban J connectivity index is 0.00000261. The molecule has 3 fully saturated rings. The molecule has 2 atom stereocenters. The Bertz CT molecular complexity index is 637. The molecular weight excluding hydrogens is 460 g/mol. The fourth-order valence-electron chi connectivity index (χ4n) is 3.65. The third kappa shape index (κ3) is 5.68. The first-order valence-corrected chi connectivity index (χ1v) is 9.45. The van der Waals surface area contributed by atoms with Crippen LogP contribution in [0.3, 0.4) is 0 Å². The van der Waals surface area contributed by atoms with Crippen LogP contribution in [0.1, 0.15) is 25.5 Å². The van der Waals surface area contributed by atoms with Gasteiger partial charge in [-0.3, -0.25) is 14.8 Å². The molecule has 3 saturated heterocycles. The Kier molecular flexibility index (Phi) is 8.56. The average Bonchev–Trinajstić information content (AvgIpc) is 2.67. The number of aliphatic imine (C=N–C) groups is 1. The van der Waals surface area contributed by atoms with Gasteiger partial charge in [0.25, 0.3) is 0 Å². The molecule has 1 aromatic carbocycles. The van der Waals surface area contributed by atoms with Gasteiger partial charge in [-0.25, -0.2) is 4.39 Å². The van der Waals surface area contributed by atoms with E-state index in [2.05, 4.69) is 20.4 Å².